The van der Waals surface area contributed by atoms with Gasteiger partial charge in [-0.15, -0.1) is 0 Å². The van der Waals surface area contributed by atoms with Crippen LogP contribution >= 0.6 is 0 Å². The lowest BCUT2D eigenvalue weighted by Crippen LogP contribution is -2.26. The van der Waals surface area contributed by atoms with Gasteiger partial charge in [-0.05, 0) is 59.4 Å². The van der Waals surface area contributed by atoms with E-state index in [2.05, 4.69) is 112 Å². The number of nitrogens with zero attached hydrogens (tertiary/aromatic N) is 3. The minimum Gasteiger partial charge on any atom is -0.321 e. The van der Waals surface area contributed by atoms with Gasteiger partial charge in [0.25, 0.3) is 0 Å². The summed E-state index contributed by atoms with van der Waals surface area (Å²) in [4.78, 5) is 4.62. The molecule has 5 nitrogen and oxygen atoms in total. The van der Waals surface area contributed by atoms with Gasteiger partial charge in [-0.2, -0.15) is 0 Å². The summed E-state index contributed by atoms with van der Waals surface area (Å²) < 4.78 is 4.43. The summed E-state index contributed by atoms with van der Waals surface area (Å²) in [5.74, 6) is 0. The fraction of sp³-hybridized carbons (Fsp3) is 0.161. The number of hydrogen-bond donors (Lipinski definition) is 2. The number of aromatic nitrogens is 3. The predicted molar refractivity (Wildman–Crippen MR) is 149 cm³/mol. The molecule has 0 saturated carbocycles. The van der Waals surface area contributed by atoms with Crippen LogP contribution in [0, 0.1) is 6.42 Å². The van der Waals surface area contributed by atoms with E-state index < -0.39 is 0 Å². The van der Waals surface area contributed by atoms with Crippen molar-refractivity contribution in [2.75, 3.05) is 7.05 Å². The number of hydrazine groups is 1. The Labute approximate surface area is 213 Å². The van der Waals surface area contributed by atoms with Gasteiger partial charge in [-0.3, -0.25) is 14.3 Å². The molecule has 2 heterocycles. The van der Waals surface area contributed by atoms with Crippen molar-refractivity contribution in [3.63, 3.8) is 0 Å². The molecule has 181 valence electrons. The van der Waals surface area contributed by atoms with E-state index in [1.165, 1.54) is 27.8 Å². The average Bonchev–Trinajstić information content (AvgIpc) is 3.69. The Kier molecular flexibility index (Phi) is 6.74. The zero-order valence-corrected chi connectivity index (χ0v) is 21.1. The highest BCUT2D eigenvalue weighted by molar-refractivity contribution is 6.17. The number of allylic oxidation sites excluding steroid dienone is 4. The van der Waals surface area contributed by atoms with E-state index in [-0.39, 0.29) is 0 Å². The van der Waals surface area contributed by atoms with Crippen molar-refractivity contribution in [2.24, 2.45) is 7.05 Å². The highest BCUT2D eigenvalue weighted by atomic mass is 15.4. The number of hydrogen-bond acceptors (Lipinski definition) is 3. The van der Waals surface area contributed by atoms with Crippen molar-refractivity contribution in [2.45, 2.75) is 19.9 Å². The Bertz CT molecular complexity index is 1450. The molecular weight excluding hydrogens is 442 g/mol. The lowest BCUT2D eigenvalue weighted by Gasteiger charge is -2.24. The molecule has 4 aromatic rings. The standard InChI is InChI=1S/C31H32N5/c1-22(2)18-29(34-32-3)25-14-16-33-30(19-25)31-21-36(35(31)4)17-15-24-12-8-9-13-26(24)28-20-27(28)23-10-6-5-7-11-23/h5-14,16,18-21,32,34H,1,15,17H2,2-4H3/b29-18-. The highest BCUT2D eigenvalue weighted by Gasteiger charge is 2.26. The Morgan fingerprint density at radius 1 is 1.03 bits per heavy atom. The van der Waals surface area contributed by atoms with Crippen molar-refractivity contribution in [1.29, 1.82) is 0 Å². The lowest BCUT2D eigenvalue weighted by molar-refractivity contribution is 0.462. The first-order chi connectivity index (χ1) is 17.5. The molecule has 2 N–H and O–H groups in total. The van der Waals surface area contributed by atoms with Crippen molar-refractivity contribution in [3.8, 4) is 11.4 Å². The molecular formula is C31H32N5. The van der Waals surface area contributed by atoms with Crippen molar-refractivity contribution in [3.05, 3.63) is 126 Å². The first kappa shape index (κ1) is 23.6. The van der Waals surface area contributed by atoms with Crippen LogP contribution in [0.2, 0.25) is 0 Å². The van der Waals surface area contributed by atoms with Gasteiger partial charge in [-0.1, -0.05) is 66.7 Å². The summed E-state index contributed by atoms with van der Waals surface area (Å²) >= 11 is 0. The molecule has 1 aliphatic carbocycles. The SMILES string of the molecule is C=C(C)/C=C(\NNC)c1ccnc(-c2cn(CCc3ccccc3C3=C(c4ccccc4)[CH]3)n2C)c1. The van der Waals surface area contributed by atoms with Gasteiger partial charge < -0.3 is 5.43 Å². The van der Waals surface area contributed by atoms with Crippen LogP contribution in [0.25, 0.3) is 28.2 Å². The summed E-state index contributed by atoms with van der Waals surface area (Å²) in [6.45, 7) is 6.90. The normalized spacial score (nSPS) is 13.2. The fourth-order valence-electron chi connectivity index (χ4n) is 4.57. The van der Waals surface area contributed by atoms with Crippen molar-refractivity contribution >= 4 is 16.8 Å². The first-order valence-corrected chi connectivity index (χ1v) is 12.3. The van der Waals surface area contributed by atoms with Gasteiger partial charge >= 0.3 is 0 Å². The summed E-state index contributed by atoms with van der Waals surface area (Å²) in [6, 6.07) is 23.5. The van der Waals surface area contributed by atoms with Crippen LogP contribution < -0.4 is 10.9 Å². The van der Waals surface area contributed by atoms with Gasteiger partial charge in [0.15, 0.2) is 0 Å². The van der Waals surface area contributed by atoms with Crippen LogP contribution in [0.4, 0.5) is 0 Å². The maximum atomic E-state index is 4.62. The average molecular weight is 475 g/mol. The number of rotatable bonds is 10. The molecule has 2 aromatic carbocycles. The molecule has 0 fully saturated rings. The van der Waals surface area contributed by atoms with Gasteiger partial charge in [-0.25, -0.2) is 5.43 Å². The van der Waals surface area contributed by atoms with Crippen LogP contribution in [0.5, 0.6) is 0 Å². The second kappa shape index (κ2) is 10.3. The summed E-state index contributed by atoms with van der Waals surface area (Å²) in [6.07, 6.45) is 9.31. The first-order valence-electron chi connectivity index (χ1n) is 12.3. The minimum absolute atomic E-state index is 0.910. The Hall–Kier alpha value is -4.09. The molecule has 1 aliphatic rings. The van der Waals surface area contributed by atoms with Gasteiger partial charge in [0.05, 0.1) is 11.4 Å². The van der Waals surface area contributed by atoms with Gasteiger partial charge in [0.2, 0.25) is 0 Å². The molecule has 1 radical (unpaired) electrons. The number of aryl methyl sites for hydroxylation is 2. The molecule has 0 aliphatic heterocycles. The largest absolute Gasteiger partial charge is 0.321 e. The molecule has 0 amide bonds. The molecule has 0 atom stereocenters. The Balaban J connectivity index is 1.31. The molecule has 5 heteroatoms. The van der Waals surface area contributed by atoms with E-state index in [0.717, 1.165) is 41.2 Å². The quantitative estimate of drug-likeness (QED) is 0.222. The molecule has 36 heavy (non-hydrogen) atoms. The van der Waals surface area contributed by atoms with Crippen LogP contribution in [-0.4, -0.2) is 21.4 Å². The topological polar surface area (TPSA) is 46.8 Å². The van der Waals surface area contributed by atoms with E-state index in [0.29, 0.717) is 0 Å². The number of pyridine rings is 1. The number of benzene rings is 2. The van der Waals surface area contributed by atoms with Crippen LogP contribution in [0.15, 0.2) is 97.4 Å². The summed E-state index contributed by atoms with van der Waals surface area (Å²) in [7, 11) is 3.95. The molecule has 2 aromatic heterocycles. The smallest absolute Gasteiger partial charge is 0.100 e. The molecule has 0 bridgehead atoms. The third kappa shape index (κ3) is 4.97. The molecule has 0 spiro atoms. The lowest BCUT2D eigenvalue weighted by atomic mass is 10.0. The predicted octanol–water partition coefficient (Wildman–Crippen LogP) is 5.90. The maximum Gasteiger partial charge on any atom is 0.100 e. The Morgan fingerprint density at radius 3 is 2.56 bits per heavy atom. The summed E-state index contributed by atoms with van der Waals surface area (Å²) in [5, 5.41) is 0. The number of nitrogens with one attached hydrogen (secondary N) is 2. The van der Waals surface area contributed by atoms with Crippen molar-refractivity contribution < 1.29 is 0 Å². The minimum atomic E-state index is 0.910. The van der Waals surface area contributed by atoms with Crippen LogP contribution in [-0.2, 0) is 20.0 Å². The second-order valence-electron chi connectivity index (χ2n) is 9.16. The second-order valence-corrected chi connectivity index (χ2v) is 9.16. The molecule has 0 saturated heterocycles. The van der Waals surface area contributed by atoms with Crippen LogP contribution in [0.1, 0.15) is 29.2 Å². The molecule has 5 rings (SSSR count). The highest BCUT2D eigenvalue weighted by Crippen LogP contribution is 2.46. The third-order valence-electron chi connectivity index (χ3n) is 6.49. The van der Waals surface area contributed by atoms with Gasteiger partial charge in [0, 0.05) is 45.0 Å². The summed E-state index contributed by atoms with van der Waals surface area (Å²) in [5.41, 5.74) is 18.0. The van der Waals surface area contributed by atoms with Crippen LogP contribution in [0.3, 0.4) is 0 Å². The van der Waals surface area contributed by atoms with Crippen molar-refractivity contribution in [1.82, 2.24) is 25.2 Å². The third-order valence-corrected chi connectivity index (χ3v) is 6.49. The Morgan fingerprint density at radius 2 is 1.81 bits per heavy atom. The molecule has 0 unspecified atom stereocenters. The van der Waals surface area contributed by atoms with E-state index in [1.807, 2.05) is 32.3 Å². The fourth-order valence-corrected chi connectivity index (χ4v) is 4.57. The van der Waals surface area contributed by atoms with E-state index in [4.69, 9.17) is 0 Å². The van der Waals surface area contributed by atoms with Gasteiger partial charge in [0.1, 0.15) is 5.69 Å². The zero-order chi connectivity index (χ0) is 25.1. The zero-order valence-electron chi connectivity index (χ0n) is 21.1. The monoisotopic (exact) mass is 474 g/mol. The maximum absolute atomic E-state index is 4.62. The van der Waals surface area contributed by atoms with E-state index in [1.54, 1.807) is 0 Å². The van der Waals surface area contributed by atoms with E-state index >= 15 is 0 Å². The van der Waals surface area contributed by atoms with E-state index in [9.17, 15) is 0 Å².